The predicted octanol–water partition coefficient (Wildman–Crippen LogP) is 1.77. The number of benzene rings is 1. The number of ether oxygens (including phenoxy) is 3. The van der Waals surface area contributed by atoms with Crippen LogP contribution in [0.25, 0.3) is 0 Å². The van der Waals surface area contributed by atoms with E-state index in [0.29, 0.717) is 28.9 Å². The van der Waals surface area contributed by atoms with Gasteiger partial charge in [-0.25, -0.2) is 4.79 Å². The molecule has 116 valence electrons. The third kappa shape index (κ3) is 5.35. The highest BCUT2D eigenvalue weighted by molar-refractivity contribution is 9.10. The smallest absolute Gasteiger partial charge is 0.340 e. The van der Waals surface area contributed by atoms with Crippen molar-refractivity contribution in [3.8, 4) is 5.75 Å². The van der Waals surface area contributed by atoms with E-state index in [9.17, 15) is 9.59 Å². The fraction of sp³-hybridized carbons (Fsp3) is 0.429. The molecular weight excluding hydrogens is 342 g/mol. The topological polar surface area (TPSA) is 73.9 Å². The first kappa shape index (κ1) is 17.5. The second-order valence-corrected chi connectivity index (χ2v) is 5.03. The number of esters is 1. The predicted molar refractivity (Wildman–Crippen MR) is 80.5 cm³/mol. The normalized spacial score (nSPS) is 11.6. The molecule has 0 fully saturated rings. The summed E-state index contributed by atoms with van der Waals surface area (Å²) in [6.07, 6.45) is -0.896. The van der Waals surface area contributed by atoms with Crippen LogP contribution in [0.2, 0.25) is 0 Å². The lowest BCUT2D eigenvalue weighted by Crippen LogP contribution is -2.37. The van der Waals surface area contributed by atoms with Crippen LogP contribution >= 0.6 is 15.9 Å². The lowest BCUT2D eigenvalue weighted by Gasteiger charge is -2.14. The molecule has 1 atom stereocenters. The summed E-state index contributed by atoms with van der Waals surface area (Å²) in [6.45, 7) is 2.27. The zero-order valence-corrected chi connectivity index (χ0v) is 13.7. The average molecular weight is 360 g/mol. The third-order valence-electron chi connectivity index (χ3n) is 2.65. The van der Waals surface area contributed by atoms with Gasteiger partial charge in [-0.2, -0.15) is 0 Å². The van der Waals surface area contributed by atoms with E-state index < -0.39 is 12.1 Å². The summed E-state index contributed by atoms with van der Waals surface area (Å²) in [7, 11) is 3.04. The van der Waals surface area contributed by atoms with Crippen LogP contribution in [0.4, 0.5) is 0 Å². The maximum absolute atomic E-state index is 12.1. The average Bonchev–Trinajstić information content (AvgIpc) is 2.47. The second-order valence-electron chi connectivity index (χ2n) is 4.18. The van der Waals surface area contributed by atoms with Gasteiger partial charge in [0.2, 0.25) is 0 Å². The lowest BCUT2D eigenvalue weighted by molar-refractivity contribution is -0.129. The highest BCUT2D eigenvalue weighted by Crippen LogP contribution is 2.23. The van der Waals surface area contributed by atoms with Gasteiger partial charge >= 0.3 is 5.97 Å². The molecule has 0 radical (unpaired) electrons. The molecule has 0 saturated carbocycles. The minimum absolute atomic E-state index is 0.297. The van der Waals surface area contributed by atoms with Crippen molar-refractivity contribution >= 4 is 27.8 Å². The van der Waals surface area contributed by atoms with Crippen LogP contribution in [0.3, 0.4) is 0 Å². The van der Waals surface area contributed by atoms with Crippen molar-refractivity contribution in [1.29, 1.82) is 0 Å². The maximum Gasteiger partial charge on any atom is 0.340 e. The quantitative estimate of drug-likeness (QED) is 0.593. The first-order valence-electron chi connectivity index (χ1n) is 6.30. The fourth-order valence-electron chi connectivity index (χ4n) is 1.49. The van der Waals surface area contributed by atoms with E-state index in [1.807, 2.05) is 0 Å². The number of carbonyl (C=O) groups excluding carboxylic acids is 2. The van der Waals surface area contributed by atoms with Crippen molar-refractivity contribution in [1.82, 2.24) is 5.32 Å². The summed E-state index contributed by atoms with van der Waals surface area (Å²) in [6, 6.07) is 4.93. The van der Waals surface area contributed by atoms with Gasteiger partial charge in [0, 0.05) is 18.1 Å². The summed E-state index contributed by atoms with van der Waals surface area (Å²) < 4.78 is 15.6. The molecule has 0 heterocycles. The number of hydrogen-bond acceptors (Lipinski definition) is 5. The molecular formula is C14H18BrNO5. The van der Waals surface area contributed by atoms with E-state index in [-0.39, 0.29) is 5.91 Å². The Labute approximate surface area is 131 Å². The monoisotopic (exact) mass is 359 g/mol. The Morgan fingerprint density at radius 3 is 2.67 bits per heavy atom. The van der Waals surface area contributed by atoms with Crippen LogP contribution in [0.5, 0.6) is 5.75 Å². The van der Waals surface area contributed by atoms with Crippen LogP contribution < -0.4 is 10.1 Å². The minimum Gasteiger partial charge on any atom is -0.497 e. The van der Waals surface area contributed by atoms with Crippen molar-refractivity contribution in [3.05, 3.63) is 28.2 Å². The standard InChI is InChI=1S/C14H18BrNO5/c1-9(13(17)16-6-7-19-2)21-14(18)11-8-10(20-3)4-5-12(11)15/h4-5,8-9H,6-7H2,1-3H3,(H,16,17)/t9-/m0/s1. The number of halogens is 1. The molecule has 6 nitrogen and oxygen atoms in total. The van der Waals surface area contributed by atoms with Crippen LogP contribution in [-0.4, -0.2) is 45.4 Å². The summed E-state index contributed by atoms with van der Waals surface area (Å²) in [5.41, 5.74) is 0.297. The van der Waals surface area contributed by atoms with E-state index in [4.69, 9.17) is 14.2 Å². The highest BCUT2D eigenvalue weighted by Gasteiger charge is 2.20. The Morgan fingerprint density at radius 2 is 2.05 bits per heavy atom. The second kappa shape index (κ2) is 8.63. The molecule has 1 rings (SSSR count). The number of amides is 1. The summed E-state index contributed by atoms with van der Waals surface area (Å²) in [5.74, 6) is -0.447. The van der Waals surface area contributed by atoms with Crippen LogP contribution in [0, 0.1) is 0 Å². The van der Waals surface area contributed by atoms with Crippen molar-refractivity contribution in [2.45, 2.75) is 13.0 Å². The minimum atomic E-state index is -0.896. The van der Waals surface area contributed by atoms with E-state index in [1.165, 1.54) is 21.1 Å². The highest BCUT2D eigenvalue weighted by atomic mass is 79.9. The number of nitrogens with one attached hydrogen (secondary N) is 1. The van der Waals surface area contributed by atoms with E-state index in [1.54, 1.807) is 18.2 Å². The van der Waals surface area contributed by atoms with E-state index in [2.05, 4.69) is 21.2 Å². The molecule has 0 aliphatic rings. The van der Waals surface area contributed by atoms with Crippen molar-refractivity contribution < 1.29 is 23.8 Å². The van der Waals surface area contributed by atoms with Gasteiger partial charge in [-0.15, -0.1) is 0 Å². The Balaban J connectivity index is 2.65. The van der Waals surface area contributed by atoms with Crippen LogP contribution in [0.15, 0.2) is 22.7 Å². The van der Waals surface area contributed by atoms with Gasteiger partial charge in [-0.3, -0.25) is 4.79 Å². The van der Waals surface area contributed by atoms with Crippen molar-refractivity contribution in [2.75, 3.05) is 27.4 Å². The first-order chi connectivity index (χ1) is 9.99. The Kier molecular flexibility index (Phi) is 7.18. The molecule has 21 heavy (non-hydrogen) atoms. The van der Waals surface area contributed by atoms with Crippen molar-refractivity contribution in [3.63, 3.8) is 0 Å². The maximum atomic E-state index is 12.1. The Bertz CT molecular complexity index is 506. The number of methoxy groups -OCH3 is 2. The van der Waals surface area contributed by atoms with Gasteiger partial charge in [0.1, 0.15) is 5.75 Å². The van der Waals surface area contributed by atoms with Crippen LogP contribution in [0.1, 0.15) is 17.3 Å². The molecule has 0 spiro atoms. The summed E-state index contributed by atoms with van der Waals surface area (Å²) in [5, 5.41) is 2.60. The summed E-state index contributed by atoms with van der Waals surface area (Å²) in [4.78, 5) is 23.8. The largest absolute Gasteiger partial charge is 0.497 e. The van der Waals surface area contributed by atoms with Gasteiger partial charge in [-0.05, 0) is 41.1 Å². The Hall–Kier alpha value is -1.60. The zero-order chi connectivity index (χ0) is 15.8. The number of carbonyl (C=O) groups is 2. The Morgan fingerprint density at radius 1 is 1.33 bits per heavy atom. The van der Waals surface area contributed by atoms with E-state index in [0.717, 1.165) is 0 Å². The molecule has 1 N–H and O–H groups in total. The SMILES string of the molecule is COCCNC(=O)[C@H](C)OC(=O)c1cc(OC)ccc1Br. The van der Waals surface area contributed by atoms with Gasteiger partial charge in [-0.1, -0.05) is 0 Å². The summed E-state index contributed by atoms with van der Waals surface area (Å²) >= 11 is 3.27. The van der Waals surface area contributed by atoms with E-state index >= 15 is 0 Å². The molecule has 0 unspecified atom stereocenters. The van der Waals surface area contributed by atoms with Gasteiger partial charge in [0.05, 0.1) is 19.3 Å². The molecule has 0 saturated heterocycles. The van der Waals surface area contributed by atoms with Gasteiger partial charge in [0.15, 0.2) is 6.10 Å². The zero-order valence-electron chi connectivity index (χ0n) is 12.1. The molecule has 0 aliphatic carbocycles. The molecule has 0 aliphatic heterocycles. The molecule has 0 bridgehead atoms. The first-order valence-corrected chi connectivity index (χ1v) is 7.10. The van der Waals surface area contributed by atoms with Gasteiger partial charge in [0.25, 0.3) is 5.91 Å². The van der Waals surface area contributed by atoms with Crippen molar-refractivity contribution in [2.24, 2.45) is 0 Å². The lowest BCUT2D eigenvalue weighted by atomic mass is 10.2. The molecule has 0 aromatic heterocycles. The molecule has 1 aromatic rings. The third-order valence-corrected chi connectivity index (χ3v) is 3.34. The molecule has 7 heteroatoms. The molecule has 1 aromatic carbocycles. The fourth-order valence-corrected chi connectivity index (χ4v) is 1.89. The number of rotatable bonds is 7. The van der Waals surface area contributed by atoms with Crippen LogP contribution in [-0.2, 0) is 14.3 Å². The molecule has 1 amide bonds. The number of hydrogen-bond donors (Lipinski definition) is 1. The van der Waals surface area contributed by atoms with Gasteiger partial charge < -0.3 is 19.5 Å².